The molecule has 0 aliphatic rings. The first-order chi connectivity index (χ1) is 3.71. The van der Waals surface area contributed by atoms with Crippen molar-refractivity contribution < 1.29 is 26.7 Å². The van der Waals surface area contributed by atoms with E-state index in [4.69, 9.17) is 14.3 Å². The van der Waals surface area contributed by atoms with E-state index in [0.29, 0.717) is 0 Å². The Labute approximate surface area is 56.3 Å². The number of hydrogen-bond donors (Lipinski definition) is 3. The molecule has 9 heavy (non-hydrogen) atoms. The van der Waals surface area contributed by atoms with E-state index in [2.05, 4.69) is 15.8 Å². The monoisotopic (exact) mass is 194 g/mol. The fourth-order valence-corrected chi connectivity index (χ4v) is 1.80. The van der Waals surface area contributed by atoms with Gasteiger partial charge in [0.05, 0.1) is 0 Å². The van der Waals surface area contributed by atoms with Crippen LogP contribution in [0.5, 0.6) is 0 Å². The van der Waals surface area contributed by atoms with Crippen molar-refractivity contribution in [1.82, 2.24) is 0 Å². The second-order valence-electron chi connectivity index (χ2n) is 0.993. The highest BCUT2D eigenvalue weighted by Crippen LogP contribution is 2.37. The van der Waals surface area contributed by atoms with Gasteiger partial charge in [-0.05, 0) is 11.8 Å². The molecule has 6 nitrogen and oxygen atoms in total. The maximum absolute atomic E-state index is 9.62. The zero-order valence-corrected chi connectivity index (χ0v) is 6.36. The first kappa shape index (κ1) is 9.44. The summed E-state index contributed by atoms with van der Waals surface area (Å²) in [7, 11) is -4.84. The van der Waals surface area contributed by atoms with Gasteiger partial charge in [0.25, 0.3) is 0 Å². The van der Waals surface area contributed by atoms with Crippen LogP contribution in [-0.2, 0) is 26.2 Å². The Kier molecular flexibility index (Phi) is 2.71. The van der Waals surface area contributed by atoms with Gasteiger partial charge in [0.1, 0.15) is 0 Å². The molecule has 0 fully saturated rings. The van der Waals surface area contributed by atoms with Gasteiger partial charge in [0.15, 0.2) is 0 Å². The standard InChI is InChI=1S/H3O6PS2/c1-7(2,8)6-9(3,4)5/h(H2,1,2,8)(H,3,4,5). The zero-order valence-electron chi connectivity index (χ0n) is 3.83. The molecule has 0 aliphatic carbocycles. The molecule has 0 unspecified atom stereocenters. The molecule has 56 valence electrons. The minimum absolute atomic E-state index is 3.19. The number of hydrogen-bond acceptors (Lipinski definition) is 4. The van der Waals surface area contributed by atoms with Crippen molar-refractivity contribution in [1.29, 1.82) is 0 Å². The van der Waals surface area contributed by atoms with Crippen molar-refractivity contribution in [3.63, 3.8) is 0 Å². The third kappa shape index (κ3) is 8.44. The number of rotatable bonds is 2. The first-order valence-corrected chi connectivity index (χ1v) is 5.44. The highest BCUT2D eigenvalue weighted by atomic mass is 32.5. The van der Waals surface area contributed by atoms with Crippen LogP contribution in [0.15, 0.2) is 0 Å². The quantitative estimate of drug-likeness (QED) is 0.383. The molecule has 3 N–H and O–H groups in total. The highest BCUT2D eigenvalue weighted by Gasteiger charge is 2.17. The largest absolute Gasteiger partial charge is 0.404 e. The molecule has 0 saturated carbocycles. The van der Waals surface area contributed by atoms with Crippen molar-refractivity contribution in [3.05, 3.63) is 0 Å². The first-order valence-electron chi connectivity index (χ1n) is 1.45. The van der Waals surface area contributed by atoms with Gasteiger partial charge in [0.2, 0.25) is 0 Å². The lowest BCUT2D eigenvalue weighted by molar-refractivity contribution is 0.331. The Hall–Kier alpha value is 0.440. The third-order valence-corrected chi connectivity index (χ3v) is 2.27. The van der Waals surface area contributed by atoms with E-state index < -0.39 is 17.1 Å². The molecule has 0 amide bonds. The Morgan fingerprint density at radius 2 is 1.78 bits per heavy atom. The van der Waals surface area contributed by atoms with Crippen LogP contribution < -0.4 is 0 Å². The van der Waals surface area contributed by atoms with Gasteiger partial charge in [-0.3, -0.25) is 4.55 Å². The SMILES string of the molecule is O=S(=O)(O)OP(O)(O)=S. The summed E-state index contributed by atoms with van der Waals surface area (Å²) < 4.78 is 30.2. The van der Waals surface area contributed by atoms with Crippen molar-refractivity contribution in [3.8, 4) is 0 Å². The van der Waals surface area contributed by atoms with Crippen molar-refractivity contribution >= 4 is 28.9 Å². The normalized spacial score (nSPS) is 13.7. The summed E-state index contributed by atoms with van der Waals surface area (Å²) in [6, 6.07) is 0. The van der Waals surface area contributed by atoms with Crippen LogP contribution in [0.3, 0.4) is 0 Å². The third-order valence-electron chi connectivity index (χ3n) is 0.191. The van der Waals surface area contributed by atoms with E-state index in [0.717, 1.165) is 0 Å². The zero-order chi connectivity index (χ0) is 7.71. The van der Waals surface area contributed by atoms with Crippen molar-refractivity contribution in [2.24, 2.45) is 0 Å². The average Bonchev–Trinajstić information content (AvgIpc) is 1.14. The summed E-state index contributed by atoms with van der Waals surface area (Å²) in [5.74, 6) is 0. The van der Waals surface area contributed by atoms with Crippen LogP contribution in [-0.4, -0.2) is 22.8 Å². The summed E-state index contributed by atoms with van der Waals surface area (Å²) >= 11 is 3.69. The Morgan fingerprint density at radius 3 is 1.78 bits per heavy atom. The second-order valence-corrected chi connectivity index (χ2v) is 4.85. The lowest BCUT2D eigenvalue weighted by atomic mass is 15.7. The van der Waals surface area contributed by atoms with Gasteiger partial charge < -0.3 is 9.79 Å². The van der Waals surface area contributed by atoms with Crippen LogP contribution in [0.25, 0.3) is 0 Å². The van der Waals surface area contributed by atoms with E-state index in [-0.39, 0.29) is 0 Å². The second kappa shape index (κ2) is 2.59. The molecule has 0 heterocycles. The molecule has 0 bridgehead atoms. The molecule has 0 saturated heterocycles. The summed E-state index contributed by atoms with van der Waals surface area (Å²) in [5, 5.41) is 0. The summed E-state index contributed by atoms with van der Waals surface area (Å²) in [6.45, 7) is -4.29. The topological polar surface area (TPSA) is 104 Å². The highest BCUT2D eigenvalue weighted by molar-refractivity contribution is 8.09. The van der Waals surface area contributed by atoms with Gasteiger partial charge in [0, 0.05) is 0 Å². The van der Waals surface area contributed by atoms with Crippen LogP contribution in [0.1, 0.15) is 0 Å². The van der Waals surface area contributed by atoms with E-state index in [1.165, 1.54) is 0 Å². The molecular weight excluding hydrogens is 191 g/mol. The molecule has 9 heteroatoms. The van der Waals surface area contributed by atoms with Crippen molar-refractivity contribution in [2.45, 2.75) is 0 Å². The predicted octanol–water partition coefficient (Wildman–Crippen LogP) is -0.985. The molecular formula is H3O6PS2. The molecule has 0 atom stereocenters. The van der Waals surface area contributed by atoms with Crippen LogP contribution in [0.2, 0.25) is 0 Å². The van der Waals surface area contributed by atoms with Gasteiger partial charge in [-0.25, -0.2) is 0 Å². The average molecular weight is 194 g/mol. The minimum Gasteiger partial charge on any atom is -0.324 e. The summed E-state index contributed by atoms with van der Waals surface area (Å²) in [4.78, 5) is 16.1. The van der Waals surface area contributed by atoms with Crippen LogP contribution in [0.4, 0.5) is 0 Å². The maximum atomic E-state index is 9.62. The van der Waals surface area contributed by atoms with E-state index in [9.17, 15) is 8.42 Å². The lowest BCUT2D eigenvalue weighted by Crippen LogP contribution is -2.00. The van der Waals surface area contributed by atoms with Gasteiger partial charge >= 0.3 is 17.1 Å². The molecule has 0 spiro atoms. The molecule has 0 aromatic carbocycles. The molecule has 0 aromatic rings. The Bertz CT molecular complexity index is 217. The molecule has 0 aliphatic heterocycles. The molecule has 0 aromatic heterocycles. The van der Waals surface area contributed by atoms with E-state index in [1.807, 2.05) is 0 Å². The Balaban J connectivity index is 4.26. The minimum atomic E-state index is -4.84. The fourth-order valence-electron chi connectivity index (χ4n) is 0.123. The van der Waals surface area contributed by atoms with Crippen molar-refractivity contribution in [2.75, 3.05) is 0 Å². The van der Waals surface area contributed by atoms with E-state index >= 15 is 0 Å². The molecule has 0 rings (SSSR count). The van der Waals surface area contributed by atoms with Gasteiger partial charge in [-0.15, -0.1) is 0 Å². The predicted molar refractivity (Wildman–Crippen MR) is 31.4 cm³/mol. The van der Waals surface area contributed by atoms with Crippen LogP contribution >= 0.6 is 6.72 Å². The lowest BCUT2D eigenvalue weighted by Gasteiger charge is -2.01. The summed E-state index contributed by atoms with van der Waals surface area (Å²) in [6.07, 6.45) is 0. The fraction of sp³-hybridized carbons (Fsp3) is 0. The van der Waals surface area contributed by atoms with Gasteiger partial charge in [-0.1, -0.05) is 0 Å². The molecule has 0 radical (unpaired) electrons. The summed E-state index contributed by atoms with van der Waals surface area (Å²) in [5.41, 5.74) is 0. The maximum Gasteiger partial charge on any atom is 0.404 e. The van der Waals surface area contributed by atoms with Gasteiger partial charge in [-0.2, -0.15) is 12.4 Å². The van der Waals surface area contributed by atoms with E-state index in [1.54, 1.807) is 0 Å². The smallest absolute Gasteiger partial charge is 0.324 e. The Morgan fingerprint density at radius 1 is 1.44 bits per heavy atom. The van der Waals surface area contributed by atoms with Crippen LogP contribution in [0, 0.1) is 0 Å².